The Hall–Kier alpha value is -3.08. The Labute approximate surface area is 171 Å². The number of hydrogen-bond acceptors (Lipinski definition) is 6. The molecule has 1 N–H and O–H groups in total. The molecule has 1 heterocycles. The topological polar surface area (TPSA) is 69.4 Å². The number of anilines is 1. The molecule has 0 aliphatic heterocycles. The highest BCUT2D eigenvalue weighted by molar-refractivity contribution is 6.31. The van der Waals surface area contributed by atoms with Gasteiger partial charge in [-0.3, -0.25) is 0 Å². The van der Waals surface area contributed by atoms with Gasteiger partial charge in [0.15, 0.2) is 11.5 Å². The van der Waals surface area contributed by atoms with Crippen molar-refractivity contribution in [3.8, 4) is 22.9 Å². The van der Waals surface area contributed by atoms with E-state index in [2.05, 4.69) is 20.2 Å². The molecule has 0 saturated carbocycles. The van der Waals surface area contributed by atoms with Crippen LogP contribution in [0.3, 0.4) is 0 Å². The molecule has 0 radical (unpaired) electrons. The zero-order valence-electron chi connectivity index (χ0n) is 15.1. The summed E-state index contributed by atoms with van der Waals surface area (Å²) in [4.78, 5) is 4.12. The molecule has 0 amide bonds. The predicted molar refractivity (Wildman–Crippen MR) is 96.7 cm³/mol. The molecule has 0 aliphatic carbocycles. The highest BCUT2D eigenvalue weighted by Gasteiger charge is 2.33. The fourth-order valence-corrected chi connectivity index (χ4v) is 2.70. The van der Waals surface area contributed by atoms with E-state index in [1.165, 1.54) is 31.4 Å². The van der Waals surface area contributed by atoms with Crippen LogP contribution in [0.1, 0.15) is 11.5 Å². The fourth-order valence-electron chi connectivity index (χ4n) is 2.47. The number of alkyl halides is 5. The summed E-state index contributed by atoms with van der Waals surface area (Å²) < 4.78 is 78.0. The van der Waals surface area contributed by atoms with Crippen molar-refractivity contribution in [2.45, 2.75) is 19.3 Å². The first-order valence-corrected chi connectivity index (χ1v) is 8.61. The van der Waals surface area contributed by atoms with E-state index in [1.807, 2.05) is 0 Å². The van der Waals surface area contributed by atoms with Crippen molar-refractivity contribution >= 4 is 17.3 Å². The summed E-state index contributed by atoms with van der Waals surface area (Å²) in [6, 6.07) is 7.45. The number of ether oxygens (including phenoxy) is 2. The number of hydrogen-bond donors (Lipinski definition) is 1. The van der Waals surface area contributed by atoms with Gasteiger partial charge in [0, 0.05) is 11.3 Å². The third-order valence-electron chi connectivity index (χ3n) is 3.82. The molecule has 0 atom stereocenters. The molecule has 30 heavy (non-hydrogen) atoms. The van der Waals surface area contributed by atoms with Crippen LogP contribution in [0.25, 0.3) is 11.4 Å². The lowest BCUT2D eigenvalue weighted by atomic mass is 10.2. The van der Waals surface area contributed by atoms with E-state index in [4.69, 9.17) is 20.9 Å². The van der Waals surface area contributed by atoms with Crippen LogP contribution in [0.15, 0.2) is 40.9 Å². The number of halogens is 6. The molecule has 160 valence electrons. The molecular formula is C18H13ClF5N3O3. The van der Waals surface area contributed by atoms with Gasteiger partial charge in [-0.05, 0) is 36.4 Å². The van der Waals surface area contributed by atoms with Crippen LogP contribution in [0.5, 0.6) is 11.5 Å². The second kappa shape index (κ2) is 8.74. The average Bonchev–Trinajstić information content (AvgIpc) is 3.15. The quantitative estimate of drug-likeness (QED) is 0.471. The van der Waals surface area contributed by atoms with Crippen LogP contribution in [-0.2, 0) is 12.7 Å². The first kappa shape index (κ1) is 21.6. The van der Waals surface area contributed by atoms with Gasteiger partial charge in [-0.1, -0.05) is 16.8 Å². The largest absolute Gasteiger partial charge is 0.493 e. The van der Waals surface area contributed by atoms with E-state index in [1.54, 1.807) is 0 Å². The number of nitrogens with one attached hydrogen (secondary N) is 1. The van der Waals surface area contributed by atoms with E-state index < -0.39 is 23.4 Å². The Morgan fingerprint density at radius 1 is 1.13 bits per heavy atom. The Morgan fingerprint density at radius 2 is 1.90 bits per heavy atom. The molecule has 12 heteroatoms. The number of rotatable bonds is 7. The number of methoxy groups -OCH3 is 1. The maximum Gasteiger partial charge on any atom is 0.417 e. The maximum atomic E-state index is 12.9. The van der Waals surface area contributed by atoms with E-state index >= 15 is 0 Å². The zero-order valence-corrected chi connectivity index (χ0v) is 15.9. The Bertz CT molecular complexity index is 1030. The van der Waals surface area contributed by atoms with Crippen LogP contribution >= 0.6 is 11.6 Å². The summed E-state index contributed by atoms with van der Waals surface area (Å²) in [6.07, 6.45) is -4.59. The summed E-state index contributed by atoms with van der Waals surface area (Å²) >= 11 is 5.58. The van der Waals surface area contributed by atoms with Crippen molar-refractivity contribution in [3.63, 3.8) is 0 Å². The van der Waals surface area contributed by atoms with Crippen molar-refractivity contribution in [2.75, 3.05) is 12.4 Å². The van der Waals surface area contributed by atoms with Gasteiger partial charge < -0.3 is 19.3 Å². The Balaban J connectivity index is 1.73. The summed E-state index contributed by atoms with van der Waals surface area (Å²) in [7, 11) is 1.28. The number of benzene rings is 2. The van der Waals surface area contributed by atoms with Gasteiger partial charge in [0.25, 0.3) is 0 Å². The van der Waals surface area contributed by atoms with Crippen LogP contribution in [0.4, 0.5) is 27.6 Å². The van der Waals surface area contributed by atoms with Crippen LogP contribution in [-0.4, -0.2) is 23.9 Å². The lowest BCUT2D eigenvalue weighted by Gasteiger charge is -2.11. The third-order valence-corrected chi connectivity index (χ3v) is 4.15. The lowest BCUT2D eigenvalue weighted by Crippen LogP contribution is -2.07. The van der Waals surface area contributed by atoms with E-state index in [0.29, 0.717) is 5.56 Å². The molecule has 6 nitrogen and oxygen atoms in total. The second-order valence-corrected chi connectivity index (χ2v) is 6.21. The number of nitrogens with zero attached hydrogens (tertiary/aromatic N) is 2. The highest BCUT2D eigenvalue weighted by atomic mass is 35.5. The fraction of sp³-hybridized carbons (Fsp3) is 0.222. The minimum Gasteiger partial charge on any atom is -0.493 e. The monoisotopic (exact) mass is 449 g/mol. The maximum absolute atomic E-state index is 12.9. The predicted octanol–water partition coefficient (Wildman–Crippen LogP) is 5.63. The molecule has 1 aromatic heterocycles. The molecule has 0 unspecified atom stereocenters. The van der Waals surface area contributed by atoms with Gasteiger partial charge in [-0.2, -0.15) is 26.9 Å². The molecule has 3 rings (SSSR count). The lowest BCUT2D eigenvalue weighted by molar-refractivity contribution is -0.137. The minimum atomic E-state index is -4.59. The van der Waals surface area contributed by atoms with E-state index in [0.717, 1.165) is 12.1 Å². The second-order valence-electron chi connectivity index (χ2n) is 5.80. The van der Waals surface area contributed by atoms with Gasteiger partial charge in [-0.15, -0.1) is 0 Å². The summed E-state index contributed by atoms with van der Waals surface area (Å²) in [5, 5.41) is 6.08. The molecule has 0 bridgehead atoms. The highest BCUT2D eigenvalue weighted by Crippen LogP contribution is 2.36. The molecule has 0 aliphatic rings. The summed E-state index contributed by atoms with van der Waals surface area (Å²) in [6.45, 7) is -3.08. The van der Waals surface area contributed by atoms with Crippen LogP contribution < -0.4 is 14.8 Å². The molecule has 2 aromatic carbocycles. The summed E-state index contributed by atoms with van der Waals surface area (Å²) in [5.41, 5.74) is -0.422. The first-order chi connectivity index (χ1) is 14.2. The van der Waals surface area contributed by atoms with Gasteiger partial charge in [0.2, 0.25) is 11.7 Å². The first-order valence-electron chi connectivity index (χ1n) is 8.24. The molecule has 3 aromatic rings. The minimum absolute atomic E-state index is 0.0399. The normalized spacial score (nSPS) is 11.6. The van der Waals surface area contributed by atoms with Gasteiger partial charge >= 0.3 is 12.8 Å². The Morgan fingerprint density at radius 3 is 2.57 bits per heavy atom. The Kier molecular flexibility index (Phi) is 6.30. The van der Waals surface area contributed by atoms with E-state index in [-0.39, 0.29) is 35.4 Å². The molecule has 0 spiro atoms. The van der Waals surface area contributed by atoms with Gasteiger partial charge in [0.1, 0.15) is 0 Å². The molecular weight excluding hydrogens is 437 g/mol. The third kappa shape index (κ3) is 5.09. The smallest absolute Gasteiger partial charge is 0.417 e. The average molecular weight is 450 g/mol. The van der Waals surface area contributed by atoms with Gasteiger partial charge in [-0.25, -0.2) is 0 Å². The molecule has 0 saturated heterocycles. The van der Waals surface area contributed by atoms with Crippen molar-refractivity contribution < 1.29 is 35.9 Å². The zero-order chi connectivity index (χ0) is 21.9. The van der Waals surface area contributed by atoms with Crippen molar-refractivity contribution in [3.05, 3.63) is 52.9 Å². The van der Waals surface area contributed by atoms with Crippen molar-refractivity contribution in [1.82, 2.24) is 10.1 Å². The van der Waals surface area contributed by atoms with E-state index in [9.17, 15) is 22.0 Å². The van der Waals surface area contributed by atoms with Gasteiger partial charge in [0.05, 0.1) is 24.2 Å². The van der Waals surface area contributed by atoms with Crippen molar-refractivity contribution in [1.29, 1.82) is 0 Å². The molecule has 0 fully saturated rings. The SMILES string of the molecule is COc1cc(-c2noc(CNc3ccc(Cl)c(C(F)(F)F)c3)n2)ccc1OC(F)F. The standard InChI is InChI=1S/C18H13ClF5N3O3/c1-28-14-6-9(2-5-13(14)29-17(20)21)16-26-15(30-27-16)8-25-10-3-4-12(19)11(7-10)18(22,23)24/h2-7,17,25H,8H2,1H3. The van der Waals surface area contributed by atoms with Crippen LogP contribution in [0, 0.1) is 0 Å². The summed E-state index contributed by atoms with van der Waals surface area (Å²) in [5.74, 6) is 0.0872. The number of aromatic nitrogens is 2. The van der Waals surface area contributed by atoms with Crippen molar-refractivity contribution in [2.24, 2.45) is 0 Å². The van der Waals surface area contributed by atoms with Crippen LogP contribution in [0.2, 0.25) is 5.02 Å².